The molecule has 0 aromatic rings. The molecule has 0 aromatic heterocycles. The number of ether oxygens (including phenoxy) is 1. The second kappa shape index (κ2) is 8.86. The predicted molar refractivity (Wildman–Crippen MR) is 96.4 cm³/mol. The van der Waals surface area contributed by atoms with Crippen LogP contribution in [0, 0.1) is 5.92 Å². The Kier molecular flexibility index (Phi) is 8.08. The molecule has 3 fully saturated rings. The zero-order valence-electron chi connectivity index (χ0n) is 14.0. The van der Waals surface area contributed by atoms with Crippen molar-refractivity contribution in [3.05, 3.63) is 0 Å². The van der Waals surface area contributed by atoms with Gasteiger partial charge in [-0.15, -0.1) is 24.8 Å². The van der Waals surface area contributed by atoms with Crippen molar-refractivity contribution in [1.82, 2.24) is 9.80 Å². The largest absolute Gasteiger partial charge is 0.379 e. The van der Waals surface area contributed by atoms with Crippen molar-refractivity contribution in [2.45, 2.75) is 50.6 Å². The molecule has 1 amide bonds. The van der Waals surface area contributed by atoms with Crippen LogP contribution in [0.1, 0.15) is 39.0 Å². The minimum Gasteiger partial charge on any atom is -0.379 e. The molecule has 1 aliphatic carbocycles. The first-order chi connectivity index (χ1) is 10.1. The zero-order valence-corrected chi connectivity index (χ0v) is 15.7. The number of morpholine rings is 1. The molecule has 2 heterocycles. The SMILES string of the molecule is CC1CN(C(=O)C2(N)CCCCC2)CC1N1CCOCC1.Cl.Cl. The highest BCUT2D eigenvalue weighted by molar-refractivity contribution is 5.86. The van der Waals surface area contributed by atoms with Crippen LogP contribution in [0.2, 0.25) is 0 Å². The first kappa shape index (κ1) is 21.0. The standard InChI is InChI=1S/C16H29N3O2.2ClH/c1-13-11-19(12-14(13)18-7-9-21-10-8-18)15(20)16(17)5-3-2-4-6-16;;/h13-14H,2-12,17H2,1H3;2*1H. The van der Waals surface area contributed by atoms with Gasteiger partial charge in [-0.25, -0.2) is 0 Å². The summed E-state index contributed by atoms with van der Waals surface area (Å²) in [6.45, 7) is 7.59. The maximum atomic E-state index is 12.9. The topological polar surface area (TPSA) is 58.8 Å². The Morgan fingerprint density at radius 3 is 2.30 bits per heavy atom. The van der Waals surface area contributed by atoms with E-state index < -0.39 is 5.54 Å². The molecule has 0 aromatic carbocycles. The molecule has 136 valence electrons. The van der Waals surface area contributed by atoms with Crippen LogP contribution in [0.15, 0.2) is 0 Å². The number of rotatable bonds is 2. The van der Waals surface area contributed by atoms with Crippen molar-refractivity contribution in [2.75, 3.05) is 39.4 Å². The molecule has 3 rings (SSSR count). The van der Waals surface area contributed by atoms with Gasteiger partial charge in [-0.3, -0.25) is 9.69 Å². The van der Waals surface area contributed by atoms with E-state index in [1.165, 1.54) is 6.42 Å². The molecule has 0 bridgehead atoms. The summed E-state index contributed by atoms with van der Waals surface area (Å²) in [6, 6.07) is 0.477. The molecule has 0 spiro atoms. The average molecular weight is 368 g/mol. The number of carbonyl (C=O) groups excluding carboxylic acids is 1. The molecule has 1 saturated carbocycles. The van der Waals surface area contributed by atoms with Crippen molar-refractivity contribution in [2.24, 2.45) is 11.7 Å². The van der Waals surface area contributed by atoms with E-state index in [9.17, 15) is 4.79 Å². The van der Waals surface area contributed by atoms with Crippen molar-refractivity contribution in [3.8, 4) is 0 Å². The fraction of sp³-hybridized carbons (Fsp3) is 0.938. The average Bonchev–Trinajstić information content (AvgIpc) is 2.90. The van der Waals surface area contributed by atoms with Gasteiger partial charge in [0.05, 0.1) is 18.8 Å². The summed E-state index contributed by atoms with van der Waals surface area (Å²) >= 11 is 0. The molecule has 2 unspecified atom stereocenters. The highest BCUT2D eigenvalue weighted by Gasteiger charge is 2.43. The first-order valence-corrected chi connectivity index (χ1v) is 8.50. The van der Waals surface area contributed by atoms with Gasteiger partial charge in [0.1, 0.15) is 0 Å². The van der Waals surface area contributed by atoms with E-state index >= 15 is 0 Å². The van der Waals surface area contributed by atoms with Gasteiger partial charge >= 0.3 is 0 Å². The molecule has 5 nitrogen and oxygen atoms in total. The quantitative estimate of drug-likeness (QED) is 0.806. The van der Waals surface area contributed by atoms with E-state index in [4.69, 9.17) is 10.5 Å². The van der Waals surface area contributed by atoms with E-state index in [1.807, 2.05) is 4.90 Å². The molecule has 2 N–H and O–H groups in total. The monoisotopic (exact) mass is 367 g/mol. The highest BCUT2D eigenvalue weighted by Crippen LogP contribution is 2.31. The number of hydrogen-bond donors (Lipinski definition) is 1. The van der Waals surface area contributed by atoms with Crippen molar-refractivity contribution >= 4 is 30.7 Å². The normalized spacial score (nSPS) is 31.1. The maximum Gasteiger partial charge on any atom is 0.242 e. The van der Waals surface area contributed by atoms with Gasteiger partial charge in [0, 0.05) is 32.2 Å². The minimum atomic E-state index is -0.585. The number of nitrogens with zero attached hydrogens (tertiary/aromatic N) is 2. The van der Waals surface area contributed by atoms with Crippen LogP contribution in [-0.2, 0) is 9.53 Å². The van der Waals surface area contributed by atoms with Crippen LogP contribution >= 0.6 is 24.8 Å². The van der Waals surface area contributed by atoms with Crippen LogP contribution in [0.3, 0.4) is 0 Å². The number of amides is 1. The van der Waals surface area contributed by atoms with Gasteiger partial charge in [-0.2, -0.15) is 0 Å². The third-order valence-electron chi connectivity index (χ3n) is 5.55. The van der Waals surface area contributed by atoms with Crippen molar-refractivity contribution in [3.63, 3.8) is 0 Å². The van der Waals surface area contributed by atoms with Gasteiger partial charge in [-0.05, 0) is 18.8 Å². The Morgan fingerprint density at radius 1 is 1.09 bits per heavy atom. The molecule has 3 aliphatic rings. The lowest BCUT2D eigenvalue weighted by atomic mass is 9.81. The second-order valence-electron chi connectivity index (χ2n) is 7.12. The summed E-state index contributed by atoms with van der Waals surface area (Å²) in [5.41, 5.74) is 5.84. The van der Waals surface area contributed by atoms with Crippen LogP contribution in [0.25, 0.3) is 0 Å². The predicted octanol–water partition coefficient (Wildman–Crippen LogP) is 1.67. The van der Waals surface area contributed by atoms with Gasteiger partial charge in [0.25, 0.3) is 0 Å². The molecule has 23 heavy (non-hydrogen) atoms. The molecular formula is C16H31Cl2N3O2. The van der Waals surface area contributed by atoms with Gasteiger partial charge in [-0.1, -0.05) is 26.2 Å². The van der Waals surface area contributed by atoms with Crippen molar-refractivity contribution < 1.29 is 9.53 Å². The molecular weight excluding hydrogens is 337 g/mol. The molecule has 0 radical (unpaired) electrons. The van der Waals surface area contributed by atoms with E-state index in [2.05, 4.69) is 11.8 Å². The van der Waals surface area contributed by atoms with Crippen molar-refractivity contribution in [1.29, 1.82) is 0 Å². The fourth-order valence-electron chi connectivity index (χ4n) is 4.21. The first-order valence-electron chi connectivity index (χ1n) is 8.50. The lowest BCUT2D eigenvalue weighted by Gasteiger charge is -2.36. The van der Waals surface area contributed by atoms with E-state index in [1.54, 1.807) is 0 Å². The highest BCUT2D eigenvalue weighted by atomic mass is 35.5. The van der Waals surface area contributed by atoms with Crippen LogP contribution in [0.5, 0.6) is 0 Å². The number of halogens is 2. The summed E-state index contributed by atoms with van der Waals surface area (Å²) in [5, 5.41) is 0. The van der Waals surface area contributed by atoms with Gasteiger partial charge < -0.3 is 15.4 Å². The Labute approximate surface area is 152 Å². The van der Waals surface area contributed by atoms with E-state index in [0.29, 0.717) is 12.0 Å². The summed E-state index contributed by atoms with van der Waals surface area (Å²) in [6.07, 6.45) is 5.13. The Balaban J connectivity index is 0.00000132. The summed E-state index contributed by atoms with van der Waals surface area (Å²) < 4.78 is 5.44. The zero-order chi connectivity index (χ0) is 14.9. The van der Waals surface area contributed by atoms with Crippen LogP contribution < -0.4 is 5.73 Å². The third-order valence-corrected chi connectivity index (χ3v) is 5.55. The summed E-state index contributed by atoms with van der Waals surface area (Å²) in [7, 11) is 0. The molecule has 2 saturated heterocycles. The summed E-state index contributed by atoms with van der Waals surface area (Å²) in [5.74, 6) is 0.726. The Bertz CT molecular complexity index is 386. The minimum absolute atomic E-state index is 0. The number of carbonyl (C=O) groups is 1. The number of nitrogens with two attached hydrogens (primary N) is 1. The molecule has 7 heteroatoms. The maximum absolute atomic E-state index is 12.9. The third kappa shape index (κ3) is 4.51. The van der Waals surface area contributed by atoms with E-state index in [-0.39, 0.29) is 30.7 Å². The van der Waals surface area contributed by atoms with Gasteiger partial charge in [0.2, 0.25) is 5.91 Å². The van der Waals surface area contributed by atoms with E-state index in [0.717, 1.165) is 65.1 Å². The van der Waals surface area contributed by atoms with Gasteiger partial charge in [0.15, 0.2) is 0 Å². The second-order valence-corrected chi connectivity index (χ2v) is 7.12. The molecule has 2 atom stereocenters. The van der Waals surface area contributed by atoms with Crippen LogP contribution in [-0.4, -0.2) is 66.7 Å². The van der Waals surface area contributed by atoms with Crippen LogP contribution in [0.4, 0.5) is 0 Å². The number of likely N-dealkylation sites (tertiary alicyclic amines) is 1. The smallest absolute Gasteiger partial charge is 0.242 e. The molecule has 2 aliphatic heterocycles. The lowest BCUT2D eigenvalue weighted by molar-refractivity contribution is -0.137. The fourth-order valence-corrected chi connectivity index (χ4v) is 4.21. The summed E-state index contributed by atoms with van der Waals surface area (Å²) in [4.78, 5) is 17.4. The Hall–Kier alpha value is -0.0700. The number of hydrogen-bond acceptors (Lipinski definition) is 4. The Morgan fingerprint density at radius 2 is 1.70 bits per heavy atom. The lowest BCUT2D eigenvalue weighted by Crippen LogP contribution is -2.56.